The SMILES string of the molecule is COc1cc(CCC(=O)OCC(O)COC(=O)CCc2cc(C)c(O)c(OC)c2)cc(C)c1O. The molecular formula is C25H32O9. The van der Waals surface area contributed by atoms with Gasteiger partial charge in [-0.3, -0.25) is 9.59 Å². The molecule has 0 unspecified atom stereocenters. The van der Waals surface area contributed by atoms with Gasteiger partial charge in [0.05, 0.1) is 14.2 Å². The monoisotopic (exact) mass is 476 g/mol. The van der Waals surface area contributed by atoms with E-state index >= 15 is 0 Å². The number of methoxy groups -OCH3 is 2. The van der Waals surface area contributed by atoms with E-state index < -0.39 is 18.0 Å². The number of carbonyl (C=O) groups is 2. The molecule has 3 N–H and O–H groups in total. The molecule has 186 valence electrons. The zero-order chi connectivity index (χ0) is 25.3. The molecular weight excluding hydrogens is 444 g/mol. The largest absolute Gasteiger partial charge is 0.504 e. The summed E-state index contributed by atoms with van der Waals surface area (Å²) in [4.78, 5) is 24.0. The molecule has 0 saturated heterocycles. The van der Waals surface area contributed by atoms with E-state index in [1.807, 2.05) is 0 Å². The molecule has 0 amide bonds. The van der Waals surface area contributed by atoms with Crippen molar-refractivity contribution in [2.45, 2.75) is 45.6 Å². The first kappa shape index (κ1) is 26.8. The van der Waals surface area contributed by atoms with Gasteiger partial charge in [-0.25, -0.2) is 0 Å². The first-order valence-electron chi connectivity index (χ1n) is 10.9. The van der Waals surface area contributed by atoms with Gasteiger partial charge >= 0.3 is 11.9 Å². The molecule has 0 fully saturated rings. The molecule has 0 radical (unpaired) electrons. The van der Waals surface area contributed by atoms with Gasteiger partial charge in [0.15, 0.2) is 23.0 Å². The minimum Gasteiger partial charge on any atom is -0.504 e. The van der Waals surface area contributed by atoms with Gasteiger partial charge in [0.25, 0.3) is 0 Å². The maximum atomic E-state index is 12.0. The predicted octanol–water partition coefficient (Wildman–Crippen LogP) is 2.74. The predicted molar refractivity (Wildman–Crippen MR) is 123 cm³/mol. The van der Waals surface area contributed by atoms with Crippen LogP contribution in [0.15, 0.2) is 24.3 Å². The molecule has 2 aromatic carbocycles. The number of hydrogen-bond donors (Lipinski definition) is 3. The Morgan fingerprint density at radius 1 is 0.765 bits per heavy atom. The normalized spacial score (nSPS) is 10.8. The van der Waals surface area contributed by atoms with E-state index in [1.54, 1.807) is 38.1 Å². The fourth-order valence-electron chi connectivity index (χ4n) is 3.30. The van der Waals surface area contributed by atoms with E-state index in [0.717, 1.165) is 11.1 Å². The Labute approximate surface area is 198 Å². The summed E-state index contributed by atoms with van der Waals surface area (Å²) in [5, 5.41) is 29.7. The average molecular weight is 477 g/mol. The van der Waals surface area contributed by atoms with Crippen molar-refractivity contribution in [2.75, 3.05) is 27.4 Å². The van der Waals surface area contributed by atoms with Gasteiger partial charge in [-0.2, -0.15) is 0 Å². The van der Waals surface area contributed by atoms with Gasteiger partial charge in [0.2, 0.25) is 0 Å². The summed E-state index contributed by atoms with van der Waals surface area (Å²) in [5.74, 6) is -0.229. The quantitative estimate of drug-likeness (QED) is 0.396. The first-order chi connectivity index (χ1) is 16.1. The third-order valence-corrected chi connectivity index (χ3v) is 5.20. The van der Waals surface area contributed by atoms with Gasteiger partial charge in [0.1, 0.15) is 19.3 Å². The van der Waals surface area contributed by atoms with Crippen LogP contribution in [-0.2, 0) is 31.9 Å². The van der Waals surface area contributed by atoms with Crippen LogP contribution in [0.5, 0.6) is 23.0 Å². The fourth-order valence-corrected chi connectivity index (χ4v) is 3.30. The zero-order valence-corrected chi connectivity index (χ0v) is 19.9. The zero-order valence-electron chi connectivity index (χ0n) is 19.9. The summed E-state index contributed by atoms with van der Waals surface area (Å²) >= 11 is 0. The minimum absolute atomic E-state index is 0.0596. The Kier molecular flexibility index (Phi) is 10.0. The number of hydrogen-bond acceptors (Lipinski definition) is 9. The van der Waals surface area contributed by atoms with Crippen molar-refractivity contribution in [3.05, 3.63) is 46.5 Å². The summed E-state index contributed by atoms with van der Waals surface area (Å²) in [7, 11) is 2.90. The first-order valence-corrected chi connectivity index (χ1v) is 10.9. The lowest BCUT2D eigenvalue weighted by atomic mass is 10.1. The van der Waals surface area contributed by atoms with Crippen LogP contribution in [0.3, 0.4) is 0 Å². The number of ether oxygens (including phenoxy) is 4. The summed E-state index contributed by atoms with van der Waals surface area (Å²) in [6, 6.07) is 6.82. The van der Waals surface area contributed by atoms with E-state index in [1.165, 1.54) is 14.2 Å². The number of phenols is 2. The number of aliphatic hydroxyl groups excluding tert-OH is 1. The number of aromatic hydroxyl groups is 2. The molecule has 0 saturated carbocycles. The molecule has 9 nitrogen and oxygen atoms in total. The van der Waals surface area contributed by atoms with Crippen molar-refractivity contribution in [1.29, 1.82) is 0 Å². The third kappa shape index (κ3) is 7.84. The van der Waals surface area contributed by atoms with Crippen molar-refractivity contribution >= 4 is 11.9 Å². The number of aryl methyl sites for hydroxylation is 4. The summed E-state index contributed by atoms with van der Waals surface area (Å²) in [6.45, 7) is 2.89. The van der Waals surface area contributed by atoms with E-state index in [2.05, 4.69) is 0 Å². The third-order valence-electron chi connectivity index (χ3n) is 5.20. The number of esters is 2. The number of rotatable bonds is 12. The molecule has 9 heteroatoms. The Morgan fingerprint density at radius 3 is 1.50 bits per heavy atom. The highest BCUT2D eigenvalue weighted by atomic mass is 16.6. The maximum Gasteiger partial charge on any atom is 0.306 e. The highest BCUT2D eigenvalue weighted by Gasteiger charge is 2.14. The average Bonchev–Trinajstić information content (AvgIpc) is 2.82. The molecule has 0 atom stereocenters. The standard InChI is InChI=1S/C25H32O9/c1-15-9-17(11-20(31-3)24(15)29)5-7-22(27)33-13-19(26)14-34-23(28)8-6-18-10-16(2)25(30)21(12-18)32-4/h9-12,19,26,29-30H,5-8,13-14H2,1-4H3. The molecule has 0 heterocycles. The molecule has 2 aromatic rings. The van der Waals surface area contributed by atoms with Crippen LogP contribution in [0.4, 0.5) is 0 Å². The second-order valence-corrected chi connectivity index (χ2v) is 7.95. The highest BCUT2D eigenvalue weighted by Crippen LogP contribution is 2.32. The smallest absolute Gasteiger partial charge is 0.306 e. The minimum atomic E-state index is -1.14. The van der Waals surface area contributed by atoms with E-state index in [9.17, 15) is 24.9 Å². The number of aliphatic hydroxyl groups is 1. The van der Waals surface area contributed by atoms with Crippen LogP contribution in [0.2, 0.25) is 0 Å². The van der Waals surface area contributed by atoms with Gasteiger partial charge in [-0.15, -0.1) is 0 Å². The lowest BCUT2D eigenvalue weighted by Gasteiger charge is -2.13. The number of phenolic OH excluding ortho intramolecular Hbond substituents is 2. The lowest BCUT2D eigenvalue weighted by Crippen LogP contribution is -2.25. The van der Waals surface area contributed by atoms with Crippen molar-refractivity contribution in [1.82, 2.24) is 0 Å². The fraction of sp³-hybridized carbons (Fsp3) is 0.440. The van der Waals surface area contributed by atoms with Crippen molar-refractivity contribution in [2.24, 2.45) is 0 Å². The molecule has 0 aliphatic heterocycles. The number of benzene rings is 2. The van der Waals surface area contributed by atoms with Gasteiger partial charge < -0.3 is 34.3 Å². The molecule has 34 heavy (non-hydrogen) atoms. The molecule has 0 bridgehead atoms. The second-order valence-electron chi connectivity index (χ2n) is 7.95. The summed E-state index contributed by atoms with van der Waals surface area (Å²) in [5.41, 5.74) is 2.89. The molecule has 0 spiro atoms. The van der Waals surface area contributed by atoms with Gasteiger partial charge in [0, 0.05) is 12.8 Å². The Morgan fingerprint density at radius 2 is 1.15 bits per heavy atom. The van der Waals surface area contributed by atoms with Gasteiger partial charge in [-0.1, -0.05) is 12.1 Å². The van der Waals surface area contributed by atoms with Crippen LogP contribution in [0.25, 0.3) is 0 Å². The Bertz CT molecular complexity index is 921. The topological polar surface area (TPSA) is 132 Å². The Hall–Kier alpha value is -3.46. The molecule has 2 rings (SSSR count). The van der Waals surface area contributed by atoms with E-state index in [0.29, 0.717) is 35.5 Å². The van der Waals surface area contributed by atoms with Crippen molar-refractivity contribution < 1.29 is 43.9 Å². The van der Waals surface area contributed by atoms with Crippen LogP contribution in [-0.4, -0.2) is 60.8 Å². The molecule has 0 aliphatic carbocycles. The van der Waals surface area contributed by atoms with Crippen LogP contribution in [0.1, 0.15) is 35.1 Å². The van der Waals surface area contributed by atoms with Crippen LogP contribution >= 0.6 is 0 Å². The number of carbonyl (C=O) groups excluding carboxylic acids is 2. The molecule has 0 aliphatic rings. The van der Waals surface area contributed by atoms with Crippen molar-refractivity contribution in [3.63, 3.8) is 0 Å². The van der Waals surface area contributed by atoms with E-state index in [-0.39, 0.29) is 37.6 Å². The van der Waals surface area contributed by atoms with Crippen LogP contribution < -0.4 is 9.47 Å². The highest BCUT2D eigenvalue weighted by molar-refractivity contribution is 5.70. The maximum absolute atomic E-state index is 12.0. The van der Waals surface area contributed by atoms with Crippen LogP contribution in [0, 0.1) is 13.8 Å². The lowest BCUT2D eigenvalue weighted by molar-refractivity contribution is -0.152. The molecule has 0 aromatic heterocycles. The van der Waals surface area contributed by atoms with Gasteiger partial charge in [-0.05, 0) is 61.1 Å². The Balaban J connectivity index is 1.69. The van der Waals surface area contributed by atoms with Crippen molar-refractivity contribution in [3.8, 4) is 23.0 Å². The second kappa shape index (κ2) is 12.7. The summed E-state index contributed by atoms with van der Waals surface area (Å²) in [6.07, 6.45) is -0.226. The summed E-state index contributed by atoms with van der Waals surface area (Å²) < 4.78 is 20.3. The van der Waals surface area contributed by atoms with E-state index in [4.69, 9.17) is 18.9 Å².